The third-order valence-corrected chi connectivity index (χ3v) is 5.18. The minimum Gasteiger partial charge on any atom is -0.382 e. The smallest absolute Gasteiger partial charge is 0.267 e. The van der Waals surface area contributed by atoms with Crippen LogP contribution < -0.4 is 22.3 Å². The maximum atomic E-state index is 14.6. The van der Waals surface area contributed by atoms with E-state index >= 15 is 0 Å². The number of nitrogen functional groups attached to an aromatic ring is 2. The summed E-state index contributed by atoms with van der Waals surface area (Å²) in [5.41, 5.74) is 9.76. The number of hydrogen-bond donors (Lipinski definition) is 3. The number of rotatable bonds is 4. The minimum absolute atomic E-state index is 0.0853. The first kappa shape index (κ1) is 22.8. The number of nitriles is 1. The lowest BCUT2D eigenvalue weighted by Gasteiger charge is -2.21. The molecule has 0 radical (unpaired) electrons. The van der Waals surface area contributed by atoms with E-state index in [2.05, 4.69) is 20.3 Å². The Kier molecular flexibility index (Phi) is 5.72. The first-order chi connectivity index (χ1) is 16.1. The highest BCUT2D eigenvalue weighted by Crippen LogP contribution is 2.28. The largest absolute Gasteiger partial charge is 0.382 e. The molecule has 9 nitrogen and oxygen atoms in total. The molecule has 2 aromatic carbocycles. The van der Waals surface area contributed by atoms with Crippen LogP contribution in [-0.2, 0) is 0 Å². The molecule has 1 unspecified atom stereocenters. The van der Waals surface area contributed by atoms with Crippen molar-refractivity contribution in [3.63, 3.8) is 0 Å². The highest BCUT2D eigenvalue weighted by Gasteiger charge is 2.23. The van der Waals surface area contributed by atoms with Gasteiger partial charge in [0.15, 0.2) is 5.82 Å². The van der Waals surface area contributed by atoms with Gasteiger partial charge >= 0.3 is 0 Å². The molecule has 172 valence electrons. The SMILES string of the molecule is CC(Nc1nc(N)nc(N)c1C#N)c1nc2c(F)ccc(Cl)c2c(=O)n1-c1cc(F)cc(F)c1. The Morgan fingerprint density at radius 2 is 1.79 bits per heavy atom. The maximum Gasteiger partial charge on any atom is 0.267 e. The molecular formula is C21H14ClF3N8O. The molecular weight excluding hydrogens is 473 g/mol. The van der Waals surface area contributed by atoms with Crippen LogP contribution in [0.15, 0.2) is 35.1 Å². The van der Waals surface area contributed by atoms with Crippen molar-refractivity contribution >= 4 is 40.1 Å². The van der Waals surface area contributed by atoms with Crippen molar-refractivity contribution in [1.29, 1.82) is 5.26 Å². The van der Waals surface area contributed by atoms with E-state index < -0.39 is 29.1 Å². The summed E-state index contributed by atoms with van der Waals surface area (Å²) in [5.74, 6) is -3.43. The van der Waals surface area contributed by atoms with E-state index in [-0.39, 0.29) is 50.6 Å². The highest BCUT2D eigenvalue weighted by molar-refractivity contribution is 6.35. The molecule has 2 heterocycles. The van der Waals surface area contributed by atoms with Crippen molar-refractivity contribution in [3.05, 3.63) is 74.5 Å². The summed E-state index contributed by atoms with van der Waals surface area (Å²) in [6.45, 7) is 1.50. The monoisotopic (exact) mass is 486 g/mol. The molecule has 4 aromatic rings. The number of aromatic nitrogens is 4. The van der Waals surface area contributed by atoms with Gasteiger partial charge in [-0.15, -0.1) is 0 Å². The van der Waals surface area contributed by atoms with Crippen molar-refractivity contribution < 1.29 is 13.2 Å². The number of hydrogen-bond acceptors (Lipinski definition) is 8. The quantitative estimate of drug-likeness (QED) is 0.397. The predicted molar refractivity (Wildman–Crippen MR) is 120 cm³/mol. The van der Waals surface area contributed by atoms with Gasteiger partial charge in [-0.3, -0.25) is 9.36 Å². The molecule has 5 N–H and O–H groups in total. The van der Waals surface area contributed by atoms with Gasteiger partial charge in [-0.1, -0.05) is 11.6 Å². The Hall–Kier alpha value is -4.37. The molecule has 0 aliphatic carbocycles. The van der Waals surface area contributed by atoms with Gasteiger partial charge in [-0.2, -0.15) is 15.2 Å². The molecule has 1 atom stereocenters. The number of nitrogens with zero attached hydrogens (tertiary/aromatic N) is 5. The lowest BCUT2D eigenvalue weighted by molar-refractivity contribution is 0.579. The zero-order chi connectivity index (χ0) is 24.7. The highest BCUT2D eigenvalue weighted by atomic mass is 35.5. The van der Waals surface area contributed by atoms with E-state index in [9.17, 15) is 23.2 Å². The molecule has 34 heavy (non-hydrogen) atoms. The van der Waals surface area contributed by atoms with Crippen molar-refractivity contribution in [2.24, 2.45) is 0 Å². The van der Waals surface area contributed by atoms with Crippen LogP contribution in [0.1, 0.15) is 24.4 Å². The van der Waals surface area contributed by atoms with E-state index in [0.717, 1.165) is 22.8 Å². The molecule has 4 rings (SSSR count). The summed E-state index contributed by atoms with van der Waals surface area (Å²) in [6.07, 6.45) is 0. The van der Waals surface area contributed by atoms with Crippen LogP contribution in [0, 0.1) is 28.8 Å². The van der Waals surface area contributed by atoms with E-state index in [1.165, 1.54) is 13.0 Å². The number of nitrogens with one attached hydrogen (secondary N) is 1. The van der Waals surface area contributed by atoms with Gasteiger partial charge in [-0.25, -0.2) is 18.2 Å². The van der Waals surface area contributed by atoms with Gasteiger partial charge in [0.25, 0.3) is 5.56 Å². The van der Waals surface area contributed by atoms with E-state index in [1.807, 2.05) is 6.07 Å². The molecule has 0 amide bonds. The Balaban J connectivity index is 2.01. The fourth-order valence-corrected chi connectivity index (χ4v) is 3.66. The molecule has 0 bridgehead atoms. The summed E-state index contributed by atoms with van der Waals surface area (Å²) < 4.78 is 43.5. The average molecular weight is 487 g/mol. The molecule has 0 saturated heterocycles. The number of benzene rings is 2. The van der Waals surface area contributed by atoms with Crippen molar-refractivity contribution in [1.82, 2.24) is 19.5 Å². The Morgan fingerprint density at radius 3 is 2.44 bits per heavy atom. The van der Waals surface area contributed by atoms with Gasteiger partial charge in [-0.05, 0) is 31.2 Å². The van der Waals surface area contributed by atoms with E-state index in [4.69, 9.17) is 23.1 Å². The topological polar surface area (TPSA) is 149 Å². The fraction of sp³-hybridized carbons (Fsp3) is 0.0952. The van der Waals surface area contributed by atoms with Crippen molar-refractivity contribution in [2.45, 2.75) is 13.0 Å². The van der Waals surface area contributed by atoms with Crippen molar-refractivity contribution in [3.8, 4) is 11.8 Å². The van der Waals surface area contributed by atoms with Crippen LogP contribution >= 0.6 is 11.6 Å². The van der Waals surface area contributed by atoms with E-state index in [1.54, 1.807) is 0 Å². The fourth-order valence-electron chi connectivity index (χ4n) is 3.42. The Labute approximate surface area is 194 Å². The first-order valence-electron chi connectivity index (χ1n) is 9.57. The van der Waals surface area contributed by atoms with Crippen LogP contribution in [0.25, 0.3) is 16.6 Å². The maximum absolute atomic E-state index is 14.6. The first-order valence-corrected chi connectivity index (χ1v) is 9.95. The summed E-state index contributed by atoms with van der Waals surface area (Å²) in [7, 11) is 0. The molecule has 0 spiro atoms. The van der Waals surface area contributed by atoms with Crippen LogP contribution in [0.4, 0.5) is 30.8 Å². The predicted octanol–water partition coefficient (Wildman–Crippen LogP) is 3.46. The van der Waals surface area contributed by atoms with Crippen molar-refractivity contribution in [2.75, 3.05) is 16.8 Å². The lowest BCUT2D eigenvalue weighted by Crippen LogP contribution is -2.28. The zero-order valence-electron chi connectivity index (χ0n) is 17.3. The Morgan fingerprint density at radius 1 is 1.12 bits per heavy atom. The summed E-state index contributed by atoms with van der Waals surface area (Å²) in [5, 5.41) is 11.9. The second kappa shape index (κ2) is 8.53. The summed E-state index contributed by atoms with van der Waals surface area (Å²) in [4.78, 5) is 25.3. The third-order valence-electron chi connectivity index (χ3n) is 4.86. The molecule has 2 aromatic heterocycles. The molecule has 0 fully saturated rings. The summed E-state index contributed by atoms with van der Waals surface area (Å²) in [6, 6.07) is 5.49. The number of halogens is 4. The van der Waals surface area contributed by atoms with Crippen LogP contribution in [0.3, 0.4) is 0 Å². The molecule has 0 saturated carbocycles. The number of nitrogens with two attached hydrogens (primary N) is 2. The van der Waals surface area contributed by atoms with Gasteiger partial charge in [0.05, 0.1) is 22.1 Å². The molecule has 0 aliphatic heterocycles. The lowest BCUT2D eigenvalue weighted by atomic mass is 10.2. The molecule has 0 aliphatic rings. The van der Waals surface area contributed by atoms with Crippen LogP contribution in [-0.4, -0.2) is 19.5 Å². The van der Waals surface area contributed by atoms with Crippen LogP contribution in [0.2, 0.25) is 5.02 Å². The number of anilines is 3. The third kappa shape index (κ3) is 3.93. The van der Waals surface area contributed by atoms with E-state index in [0.29, 0.717) is 6.07 Å². The number of fused-ring (bicyclic) bond motifs is 1. The standard InChI is InChI=1S/C21H14ClF3N8O/c1-8(29-18-12(7-26)17(27)31-21(28)32-18)19-30-16-14(25)3-2-13(22)15(16)20(34)33(19)11-5-9(23)4-10(24)6-11/h2-6,8H,1H3,(H5,27,28,29,31,32). The second-order valence-corrected chi connectivity index (χ2v) is 7.57. The molecule has 13 heteroatoms. The Bertz CT molecular complexity index is 1550. The zero-order valence-corrected chi connectivity index (χ0v) is 18.0. The van der Waals surface area contributed by atoms with Gasteiger partial charge in [0.1, 0.15) is 46.2 Å². The van der Waals surface area contributed by atoms with Gasteiger partial charge in [0.2, 0.25) is 5.95 Å². The minimum atomic E-state index is -0.984. The summed E-state index contributed by atoms with van der Waals surface area (Å²) >= 11 is 6.13. The second-order valence-electron chi connectivity index (χ2n) is 7.16. The normalized spacial score (nSPS) is 11.9. The van der Waals surface area contributed by atoms with Crippen LogP contribution in [0.5, 0.6) is 0 Å². The van der Waals surface area contributed by atoms with Gasteiger partial charge in [0, 0.05) is 6.07 Å². The van der Waals surface area contributed by atoms with Gasteiger partial charge < -0.3 is 16.8 Å². The average Bonchev–Trinajstić information content (AvgIpc) is 2.74.